The first-order valence-corrected chi connectivity index (χ1v) is 8.51. The Bertz CT molecular complexity index is 658. The van der Waals surface area contributed by atoms with Crippen molar-refractivity contribution in [2.75, 3.05) is 26.4 Å². The van der Waals surface area contributed by atoms with Crippen molar-refractivity contribution in [2.45, 2.75) is 26.9 Å². The van der Waals surface area contributed by atoms with Crippen LogP contribution in [0, 0.1) is 6.92 Å². The molecule has 0 fully saturated rings. The zero-order valence-corrected chi connectivity index (χ0v) is 14.9. The number of rotatable bonds is 10. The number of carbonyl (C=O) groups is 1. The van der Waals surface area contributed by atoms with Gasteiger partial charge in [-0.25, -0.2) is 4.79 Å². The maximum Gasteiger partial charge on any atom is 0.338 e. The number of carbonyl (C=O) groups excluding carboxylic acids is 1. The quantitative estimate of drug-likeness (QED) is 0.489. The predicted octanol–water partition coefficient (Wildman–Crippen LogP) is 3.34. The van der Waals surface area contributed by atoms with E-state index in [1.54, 1.807) is 18.5 Å². The van der Waals surface area contributed by atoms with Crippen molar-refractivity contribution in [1.29, 1.82) is 0 Å². The van der Waals surface area contributed by atoms with Gasteiger partial charge in [-0.3, -0.25) is 4.98 Å². The Balaban J connectivity index is 1.55. The predicted molar refractivity (Wildman–Crippen MR) is 95.6 cm³/mol. The van der Waals surface area contributed by atoms with Crippen LogP contribution in [-0.4, -0.2) is 37.4 Å². The van der Waals surface area contributed by atoms with Crippen LogP contribution in [0.5, 0.6) is 0 Å². The Morgan fingerprint density at radius 2 is 1.88 bits per heavy atom. The molecule has 2 rings (SSSR count). The Labute approximate surface area is 148 Å². The van der Waals surface area contributed by atoms with Gasteiger partial charge in [0.2, 0.25) is 0 Å². The van der Waals surface area contributed by atoms with Gasteiger partial charge < -0.3 is 14.2 Å². The zero-order chi connectivity index (χ0) is 17.9. The summed E-state index contributed by atoms with van der Waals surface area (Å²) in [6, 6.07) is 9.49. The van der Waals surface area contributed by atoms with Gasteiger partial charge in [0.1, 0.15) is 6.61 Å². The van der Waals surface area contributed by atoms with E-state index in [0.29, 0.717) is 32.0 Å². The van der Waals surface area contributed by atoms with Crippen molar-refractivity contribution in [3.8, 4) is 0 Å². The maximum atomic E-state index is 12.0. The topological polar surface area (TPSA) is 57.7 Å². The normalized spacial score (nSPS) is 10.6. The van der Waals surface area contributed by atoms with Gasteiger partial charge in [0.05, 0.1) is 32.0 Å². The van der Waals surface area contributed by atoms with E-state index < -0.39 is 0 Å². The molecule has 5 heteroatoms. The summed E-state index contributed by atoms with van der Waals surface area (Å²) in [6.45, 7) is 6.15. The standard InChI is InChI=1S/C20H25NO4/c1-3-18-6-7-19(13-16(18)2)20(22)25-12-11-23-9-10-24-15-17-5-4-8-21-14-17/h4-8,13-14H,3,9-12,15H2,1-2H3. The van der Waals surface area contributed by atoms with Gasteiger partial charge in [0.15, 0.2) is 0 Å². The van der Waals surface area contributed by atoms with Crippen LogP contribution in [0.25, 0.3) is 0 Å². The second-order valence-electron chi connectivity index (χ2n) is 5.66. The Morgan fingerprint density at radius 1 is 1.08 bits per heavy atom. The van der Waals surface area contributed by atoms with Gasteiger partial charge in [-0.15, -0.1) is 0 Å². The first kappa shape index (κ1) is 19.1. The maximum absolute atomic E-state index is 12.0. The highest BCUT2D eigenvalue weighted by Crippen LogP contribution is 2.12. The van der Waals surface area contributed by atoms with Crippen LogP contribution in [0.4, 0.5) is 0 Å². The van der Waals surface area contributed by atoms with Gasteiger partial charge in [-0.2, -0.15) is 0 Å². The monoisotopic (exact) mass is 343 g/mol. The van der Waals surface area contributed by atoms with E-state index in [4.69, 9.17) is 14.2 Å². The van der Waals surface area contributed by atoms with Crippen LogP contribution in [0.2, 0.25) is 0 Å². The van der Waals surface area contributed by atoms with Gasteiger partial charge in [0, 0.05) is 12.4 Å². The Hall–Kier alpha value is -2.24. The third-order valence-corrected chi connectivity index (χ3v) is 3.78. The number of benzene rings is 1. The molecule has 25 heavy (non-hydrogen) atoms. The third kappa shape index (κ3) is 6.64. The van der Waals surface area contributed by atoms with Crippen molar-refractivity contribution in [3.63, 3.8) is 0 Å². The largest absolute Gasteiger partial charge is 0.460 e. The fourth-order valence-electron chi connectivity index (χ4n) is 2.39. The molecule has 0 aliphatic rings. The lowest BCUT2D eigenvalue weighted by Crippen LogP contribution is -2.13. The summed E-state index contributed by atoms with van der Waals surface area (Å²) in [4.78, 5) is 16.0. The first-order chi connectivity index (χ1) is 12.2. The second-order valence-corrected chi connectivity index (χ2v) is 5.66. The number of ether oxygens (including phenoxy) is 3. The first-order valence-electron chi connectivity index (χ1n) is 8.51. The van der Waals surface area contributed by atoms with Crippen LogP contribution < -0.4 is 0 Å². The summed E-state index contributed by atoms with van der Waals surface area (Å²) in [7, 11) is 0. The van der Waals surface area contributed by atoms with Crippen molar-refractivity contribution < 1.29 is 19.0 Å². The highest BCUT2D eigenvalue weighted by Gasteiger charge is 2.08. The summed E-state index contributed by atoms with van der Waals surface area (Å²) in [5.41, 5.74) is 3.96. The lowest BCUT2D eigenvalue weighted by atomic mass is 10.0. The van der Waals surface area contributed by atoms with E-state index in [1.165, 1.54) is 5.56 Å². The highest BCUT2D eigenvalue weighted by molar-refractivity contribution is 5.89. The van der Waals surface area contributed by atoms with Crippen molar-refractivity contribution >= 4 is 5.97 Å². The average Bonchev–Trinajstić information content (AvgIpc) is 2.64. The van der Waals surface area contributed by atoms with Gasteiger partial charge >= 0.3 is 5.97 Å². The molecule has 1 aromatic heterocycles. The van der Waals surface area contributed by atoms with E-state index in [1.807, 2.05) is 31.2 Å². The molecule has 0 radical (unpaired) electrons. The molecule has 134 valence electrons. The fraction of sp³-hybridized carbons (Fsp3) is 0.400. The fourth-order valence-corrected chi connectivity index (χ4v) is 2.39. The summed E-state index contributed by atoms with van der Waals surface area (Å²) in [6.07, 6.45) is 4.46. The molecule has 0 N–H and O–H groups in total. The number of aryl methyl sites for hydroxylation is 2. The molecule has 0 saturated carbocycles. The number of esters is 1. The van der Waals surface area contributed by atoms with Gasteiger partial charge in [-0.1, -0.05) is 19.1 Å². The molecule has 2 aromatic rings. The molecule has 1 aromatic carbocycles. The lowest BCUT2D eigenvalue weighted by molar-refractivity contribution is 0.0116. The number of aromatic nitrogens is 1. The number of nitrogens with zero attached hydrogens (tertiary/aromatic N) is 1. The molecule has 0 saturated heterocycles. The van der Waals surface area contributed by atoms with Crippen LogP contribution in [-0.2, 0) is 27.2 Å². The van der Waals surface area contributed by atoms with E-state index in [9.17, 15) is 4.79 Å². The molecule has 0 spiro atoms. The minimum absolute atomic E-state index is 0.232. The molecule has 0 bridgehead atoms. The average molecular weight is 343 g/mol. The van der Waals surface area contributed by atoms with Crippen molar-refractivity contribution in [2.24, 2.45) is 0 Å². The van der Waals surface area contributed by atoms with E-state index in [-0.39, 0.29) is 12.6 Å². The molecular formula is C20H25NO4. The number of pyridine rings is 1. The summed E-state index contributed by atoms with van der Waals surface area (Å²) < 4.78 is 16.1. The molecule has 0 amide bonds. The number of hydrogen-bond acceptors (Lipinski definition) is 5. The van der Waals surface area contributed by atoms with Crippen LogP contribution >= 0.6 is 0 Å². The SMILES string of the molecule is CCc1ccc(C(=O)OCCOCCOCc2cccnc2)cc1C. The van der Waals surface area contributed by atoms with E-state index in [2.05, 4.69) is 11.9 Å². The zero-order valence-electron chi connectivity index (χ0n) is 14.9. The number of hydrogen-bond donors (Lipinski definition) is 0. The Kier molecular flexibility index (Phi) is 8.09. The summed E-state index contributed by atoms with van der Waals surface area (Å²) >= 11 is 0. The molecule has 5 nitrogen and oxygen atoms in total. The molecule has 0 aliphatic carbocycles. The van der Waals surface area contributed by atoms with Crippen LogP contribution in [0.3, 0.4) is 0 Å². The molecule has 0 aliphatic heterocycles. The highest BCUT2D eigenvalue weighted by atomic mass is 16.6. The van der Waals surface area contributed by atoms with Crippen molar-refractivity contribution in [1.82, 2.24) is 4.98 Å². The van der Waals surface area contributed by atoms with Crippen molar-refractivity contribution in [3.05, 3.63) is 65.0 Å². The smallest absolute Gasteiger partial charge is 0.338 e. The third-order valence-electron chi connectivity index (χ3n) is 3.78. The van der Waals surface area contributed by atoms with E-state index >= 15 is 0 Å². The minimum Gasteiger partial charge on any atom is -0.460 e. The van der Waals surface area contributed by atoms with Gasteiger partial charge in [0.25, 0.3) is 0 Å². The molecular weight excluding hydrogens is 318 g/mol. The Morgan fingerprint density at radius 3 is 2.60 bits per heavy atom. The molecule has 0 unspecified atom stereocenters. The molecule has 1 heterocycles. The summed E-state index contributed by atoms with van der Waals surface area (Å²) in [5.74, 6) is -0.317. The minimum atomic E-state index is -0.317. The van der Waals surface area contributed by atoms with Crippen LogP contribution in [0.15, 0.2) is 42.7 Å². The molecule has 0 atom stereocenters. The summed E-state index contributed by atoms with van der Waals surface area (Å²) in [5, 5.41) is 0. The second kappa shape index (κ2) is 10.6. The van der Waals surface area contributed by atoms with E-state index in [0.717, 1.165) is 17.5 Å². The lowest BCUT2D eigenvalue weighted by Gasteiger charge is -2.08. The van der Waals surface area contributed by atoms with Gasteiger partial charge in [-0.05, 0) is 48.2 Å². The van der Waals surface area contributed by atoms with Crippen LogP contribution in [0.1, 0.15) is 34.0 Å².